The van der Waals surface area contributed by atoms with E-state index in [0.717, 1.165) is 5.56 Å². The Balaban J connectivity index is 2.11. The van der Waals surface area contributed by atoms with Gasteiger partial charge in [0.2, 0.25) is 5.82 Å². The molecule has 1 aromatic carbocycles. The number of hydrogen-bond donors (Lipinski definition) is 2. The molecule has 1 heterocycles. The predicted molar refractivity (Wildman–Crippen MR) is 67.2 cm³/mol. The Hall–Kier alpha value is -2.28. The van der Waals surface area contributed by atoms with Gasteiger partial charge in [0.1, 0.15) is 0 Å². The van der Waals surface area contributed by atoms with Crippen LogP contribution in [-0.2, 0) is 0 Å². The fourth-order valence-corrected chi connectivity index (χ4v) is 1.19. The molecule has 0 spiro atoms. The van der Waals surface area contributed by atoms with Crippen LogP contribution in [0.1, 0.15) is 5.82 Å². The second-order valence-corrected chi connectivity index (χ2v) is 3.50. The summed E-state index contributed by atoms with van der Waals surface area (Å²) in [4.78, 5) is 4.13. The van der Waals surface area contributed by atoms with Crippen molar-refractivity contribution in [2.75, 3.05) is 0 Å². The maximum atomic E-state index is 5.20. The molecule has 0 unspecified atom stereocenters. The van der Waals surface area contributed by atoms with Gasteiger partial charge in [0.25, 0.3) is 5.89 Å². The Morgan fingerprint density at radius 3 is 2.88 bits per heavy atom. The highest BCUT2D eigenvalue weighted by Crippen LogP contribution is 2.15. The number of aromatic nitrogens is 2. The molecule has 0 saturated carbocycles. The van der Waals surface area contributed by atoms with E-state index in [1.165, 1.54) is 6.21 Å². The third-order valence-corrected chi connectivity index (χ3v) is 1.91. The molecule has 0 radical (unpaired) electrons. The number of nitrogens with one attached hydrogen (secondary N) is 1. The summed E-state index contributed by atoms with van der Waals surface area (Å²) in [5, 5.41) is 7.53. The monoisotopic (exact) mass is 247 g/mol. The first-order valence-electron chi connectivity index (χ1n) is 4.73. The summed E-state index contributed by atoms with van der Waals surface area (Å²) in [6, 6.07) is 9.45. The van der Waals surface area contributed by atoms with Crippen molar-refractivity contribution >= 4 is 23.5 Å². The van der Waals surface area contributed by atoms with Crippen LogP contribution >= 0.6 is 12.2 Å². The van der Waals surface area contributed by atoms with Crippen molar-refractivity contribution in [2.24, 2.45) is 10.8 Å². The first-order valence-corrected chi connectivity index (χ1v) is 5.14. The predicted octanol–water partition coefficient (Wildman–Crippen LogP) is 0.904. The average Bonchev–Trinajstić information content (AvgIpc) is 2.78. The minimum absolute atomic E-state index is 0.0769. The van der Waals surface area contributed by atoms with Crippen molar-refractivity contribution in [2.45, 2.75) is 0 Å². The molecule has 7 heteroatoms. The van der Waals surface area contributed by atoms with Gasteiger partial charge < -0.3 is 10.3 Å². The lowest BCUT2D eigenvalue weighted by molar-refractivity contribution is 0.429. The van der Waals surface area contributed by atoms with Crippen molar-refractivity contribution in [3.8, 4) is 11.5 Å². The van der Waals surface area contributed by atoms with Crippen LogP contribution in [-0.4, -0.2) is 21.5 Å². The number of thiocarbonyl (C=S) groups is 1. The molecule has 0 amide bonds. The molecule has 6 nitrogen and oxygen atoms in total. The molecule has 0 fully saturated rings. The first-order chi connectivity index (χ1) is 8.25. The van der Waals surface area contributed by atoms with Crippen LogP contribution in [0.15, 0.2) is 40.0 Å². The highest BCUT2D eigenvalue weighted by atomic mass is 32.1. The van der Waals surface area contributed by atoms with Crippen LogP contribution in [0.5, 0.6) is 0 Å². The molecule has 2 aromatic rings. The molecule has 2 rings (SSSR count). The zero-order valence-electron chi connectivity index (χ0n) is 8.70. The molecular formula is C10H9N5OS. The normalized spacial score (nSPS) is 10.6. The quantitative estimate of drug-likeness (QED) is 0.476. The number of nitrogens with zero attached hydrogens (tertiary/aromatic N) is 3. The summed E-state index contributed by atoms with van der Waals surface area (Å²) < 4.78 is 5.06. The topological polar surface area (TPSA) is 89.3 Å². The van der Waals surface area contributed by atoms with Crippen LogP contribution in [0.4, 0.5) is 0 Å². The molecule has 0 aliphatic heterocycles. The SMILES string of the molecule is NC(=S)NN=Cc1noc(-c2ccccc2)n1. The van der Waals surface area contributed by atoms with Crippen LogP contribution in [0, 0.1) is 0 Å². The lowest BCUT2D eigenvalue weighted by Gasteiger charge is -1.90. The largest absolute Gasteiger partial charge is 0.375 e. The summed E-state index contributed by atoms with van der Waals surface area (Å²) in [5.41, 5.74) is 8.44. The molecule has 86 valence electrons. The maximum Gasteiger partial charge on any atom is 0.258 e. The van der Waals surface area contributed by atoms with Crippen molar-refractivity contribution in [3.05, 3.63) is 36.2 Å². The van der Waals surface area contributed by atoms with Crippen molar-refractivity contribution in [3.63, 3.8) is 0 Å². The van der Waals surface area contributed by atoms with E-state index in [0.29, 0.717) is 11.7 Å². The van der Waals surface area contributed by atoms with E-state index in [4.69, 9.17) is 10.3 Å². The first kappa shape index (κ1) is 11.2. The number of hydrogen-bond acceptors (Lipinski definition) is 5. The molecule has 0 atom stereocenters. The molecular weight excluding hydrogens is 238 g/mol. The standard InChI is InChI=1S/C10H9N5OS/c11-10(17)14-12-6-8-13-9(16-15-8)7-4-2-1-3-5-7/h1-6H,(H3,11,14,17). The smallest absolute Gasteiger partial charge is 0.258 e. The van der Waals surface area contributed by atoms with Crippen LogP contribution in [0.25, 0.3) is 11.5 Å². The minimum Gasteiger partial charge on any atom is -0.375 e. The summed E-state index contributed by atoms with van der Waals surface area (Å²) in [7, 11) is 0. The van der Waals surface area contributed by atoms with Gasteiger partial charge in [0.15, 0.2) is 5.11 Å². The van der Waals surface area contributed by atoms with E-state index in [-0.39, 0.29) is 5.11 Å². The van der Waals surface area contributed by atoms with Gasteiger partial charge in [0.05, 0.1) is 6.21 Å². The number of nitrogens with two attached hydrogens (primary N) is 1. The van der Waals surface area contributed by atoms with Crippen molar-refractivity contribution < 1.29 is 4.52 Å². The molecule has 0 bridgehead atoms. The number of benzene rings is 1. The van der Waals surface area contributed by atoms with Crippen molar-refractivity contribution in [1.29, 1.82) is 0 Å². The Morgan fingerprint density at radius 1 is 1.41 bits per heavy atom. The van der Waals surface area contributed by atoms with Gasteiger partial charge in [-0.3, -0.25) is 5.43 Å². The van der Waals surface area contributed by atoms with Crippen LogP contribution in [0.2, 0.25) is 0 Å². The maximum absolute atomic E-state index is 5.20. The summed E-state index contributed by atoms with van der Waals surface area (Å²) in [6.45, 7) is 0. The number of hydrazone groups is 1. The third-order valence-electron chi connectivity index (χ3n) is 1.82. The summed E-state index contributed by atoms with van der Waals surface area (Å²) in [5.74, 6) is 0.773. The van der Waals surface area contributed by atoms with E-state index in [1.54, 1.807) is 0 Å². The number of rotatable bonds is 3. The Morgan fingerprint density at radius 2 is 2.18 bits per heavy atom. The van der Waals surface area contributed by atoms with Gasteiger partial charge in [-0.15, -0.1) is 0 Å². The zero-order chi connectivity index (χ0) is 12.1. The Kier molecular flexibility index (Phi) is 3.41. The third kappa shape index (κ3) is 3.08. The van der Waals surface area contributed by atoms with E-state index in [9.17, 15) is 0 Å². The van der Waals surface area contributed by atoms with Gasteiger partial charge in [-0.05, 0) is 24.4 Å². The Bertz CT molecular complexity index is 537. The van der Waals surface area contributed by atoms with Gasteiger partial charge in [0, 0.05) is 5.56 Å². The van der Waals surface area contributed by atoms with Crippen molar-refractivity contribution in [1.82, 2.24) is 15.6 Å². The van der Waals surface area contributed by atoms with Gasteiger partial charge >= 0.3 is 0 Å². The van der Waals surface area contributed by atoms with Crippen LogP contribution in [0.3, 0.4) is 0 Å². The second-order valence-electron chi connectivity index (χ2n) is 3.06. The minimum atomic E-state index is 0.0769. The highest BCUT2D eigenvalue weighted by molar-refractivity contribution is 7.80. The lowest BCUT2D eigenvalue weighted by atomic mass is 10.2. The van der Waals surface area contributed by atoms with E-state index in [2.05, 4.69) is 32.9 Å². The molecule has 17 heavy (non-hydrogen) atoms. The van der Waals surface area contributed by atoms with Gasteiger partial charge in [-0.2, -0.15) is 10.1 Å². The Labute approximate surface area is 103 Å². The van der Waals surface area contributed by atoms with Gasteiger partial charge in [-0.25, -0.2) is 0 Å². The van der Waals surface area contributed by atoms with E-state index < -0.39 is 0 Å². The fraction of sp³-hybridized carbons (Fsp3) is 0. The van der Waals surface area contributed by atoms with Gasteiger partial charge in [-0.1, -0.05) is 23.4 Å². The van der Waals surface area contributed by atoms with Crippen LogP contribution < -0.4 is 11.2 Å². The van der Waals surface area contributed by atoms with E-state index >= 15 is 0 Å². The lowest BCUT2D eigenvalue weighted by Crippen LogP contribution is -2.24. The molecule has 0 aliphatic carbocycles. The van der Waals surface area contributed by atoms with E-state index in [1.807, 2.05) is 30.3 Å². The molecule has 3 N–H and O–H groups in total. The molecule has 1 aromatic heterocycles. The second kappa shape index (κ2) is 5.17. The highest BCUT2D eigenvalue weighted by Gasteiger charge is 2.05. The molecule has 0 aliphatic rings. The fourth-order valence-electron chi connectivity index (χ4n) is 1.14. The zero-order valence-corrected chi connectivity index (χ0v) is 9.52. The molecule has 0 saturated heterocycles. The average molecular weight is 247 g/mol. The summed E-state index contributed by atoms with van der Waals surface area (Å²) >= 11 is 4.58. The summed E-state index contributed by atoms with van der Waals surface area (Å²) in [6.07, 6.45) is 1.37.